The van der Waals surface area contributed by atoms with Gasteiger partial charge in [0.1, 0.15) is 0 Å². The van der Waals surface area contributed by atoms with Gasteiger partial charge in [-0.2, -0.15) is 5.26 Å². The molecule has 0 amide bonds. The van der Waals surface area contributed by atoms with Gasteiger partial charge in [0, 0.05) is 11.8 Å². The maximum atomic E-state index is 12.6. The van der Waals surface area contributed by atoms with Crippen LogP contribution in [-0.2, 0) is 6.42 Å². The van der Waals surface area contributed by atoms with Gasteiger partial charge in [-0.05, 0) is 11.6 Å². The predicted octanol–water partition coefficient (Wildman–Crippen LogP) is 3.50. The van der Waals surface area contributed by atoms with Crippen LogP contribution >= 0.6 is 11.8 Å². The second-order valence-electron chi connectivity index (χ2n) is 3.30. The molecule has 0 unspecified atom stereocenters. The first-order chi connectivity index (χ1) is 7.03. The molecule has 1 aromatic rings. The molecule has 0 fully saturated rings. The van der Waals surface area contributed by atoms with Gasteiger partial charge < -0.3 is 0 Å². The summed E-state index contributed by atoms with van der Waals surface area (Å²) in [4.78, 5) is 0.764. The van der Waals surface area contributed by atoms with E-state index in [4.69, 9.17) is 5.26 Å². The molecule has 0 heterocycles. The molecule has 1 nitrogen and oxygen atoms in total. The van der Waals surface area contributed by atoms with Crippen LogP contribution in [0.1, 0.15) is 12.5 Å². The summed E-state index contributed by atoms with van der Waals surface area (Å²) < 4.78 is 25.3. The van der Waals surface area contributed by atoms with Gasteiger partial charge in [-0.1, -0.05) is 18.2 Å². The van der Waals surface area contributed by atoms with E-state index in [0.29, 0.717) is 0 Å². The van der Waals surface area contributed by atoms with Crippen molar-refractivity contribution >= 4 is 11.8 Å². The van der Waals surface area contributed by atoms with E-state index >= 15 is 0 Å². The predicted molar refractivity (Wildman–Crippen MR) is 57.1 cm³/mol. The minimum absolute atomic E-state index is 0.255. The van der Waals surface area contributed by atoms with Crippen LogP contribution < -0.4 is 0 Å². The zero-order valence-electron chi connectivity index (χ0n) is 8.34. The summed E-state index contributed by atoms with van der Waals surface area (Å²) in [5.41, 5.74) is 0.814. The lowest BCUT2D eigenvalue weighted by Gasteiger charge is -2.11. The molecule has 0 aromatic heterocycles. The molecule has 80 valence electrons. The quantitative estimate of drug-likeness (QED) is 0.735. The number of thioether (sulfide) groups is 1. The van der Waals surface area contributed by atoms with Crippen molar-refractivity contribution in [2.45, 2.75) is 24.2 Å². The number of hydrogen-bond donors (Lipinski definition) is 0. The number of benzene rings is 1. The number of halogens is 2. The number of nitriles is 1. The summed E-state index contributed by atoms with van der Waals surface area (Å²) in [5, 5.41) is 8.56. The summed E-state index contributed by atoms with van der Waals surface area (Å²) >= 11 is 1.09. The topological polar surface area (TPSA) is 23.8 Å². The van der Waals surface area contributed by atoms with E-state index in [-0.39, 0.29) is 12.2 Å². The van der Waals surface area contributed by atoms with Crippen molar-refractivity contribution in [1.82, 2.24) is 0 Å². The first kappa shape index (κ1) is 12.0. The van der Waals surface area contributed by atoms with E-state index < -0.39 is 5.92 Å². The van der Waals surface area contributed by atoms with Gasteiger partial charge in [0.05, 0.1) is 18.2 Å². The SMILES string of the molecule is CC(F)(F)CSc1ccccc1CC#N. The smallest absolute Gasteiger partial charge is 0.206 e. The van der Waals surface area contributed by atoms with Crippen LogP contribution in [0.25, 0.3) is 0 Å². The van der Waals surface area contributed by atoms with E-state index in [1.54, 1.807) is 24.3 Å². The minimum atomic E-state index is -2.68. The minimum Gasteiger partial charge on any atom is -0.206 e. The molecule has 1 aromatic carbocycles. The van der Waals surface area contributed by atoms with Gasteiger partial charge in [-0.25, -0.2) is 8.78 Å². The fourth-order valence-electron chi connectivity index (χ4n) is 1.08. The molecule has 0 atom stereocenters. The number of rotatable bonds is 4. The van der Waals surface area contributed by atoms with E-state index in [2.05, 4.69) is 0 Å². The molecule has 0 bridgehead atoms. The van der Waals surface area contributed by atoms with Crippen molar-refractivity contribution in [2.75, 3.05) is 5.75 Å². The molecule has 0 spiro atoms. The van der Waals surface area contributed by atoms with Crippen molar-refractivity contribution in [1.29, 1.82) is 5.26 Å². The third-order valence-electron chi connectivity index (χ3n) is 1.72. The molecule has 0 N–H and O–H groups in total. The van der Waals surface area contributed by atoms with Crippen LogP contribution in [0.5, 0.6) is 0 Å². The fraction of sp³-hybridized carbons (Fsp3) is 0.364. The summed E-state index contributed by atoms with van der Waals surface area (Å²) in [6.07, 6.45) is 0.262. The molecular formula is C11H11F2NS. The van der Waals surface area contributed by atoms with Gasteiger partial charge in [0.25, 0.3) is 5.92 Å². The van der Waals surface area contributed by atoms with Crippen molar-refractivity contribution in [3.63, 3.8) is 0 Å². The molecule has 0 radical (unpaired) electrons. The molecule has 0 aliphatic rings. The third kappa shape index (κ3) is 4.30. The zero-order chi connectivity index (χ0) is 11.3. The Kier molecular flexibility index (Phi) is 4.10. The molecule has 4 heteroatoms. The highest BCUT2D eigenvalue weighted by Crippen LogP contribution is 2.28. The molecule has 0 saturated carbocycles. The van der Waals surface area contributed by atoms with Gasteiger partial charge in [-0.3, -0.25) is 0 Å². The molecule has 0 aliphatic heterocycles. The van der Waals surface area contributed by atoms with Crippen molar-refractivity contribution < 1.29 is 8.78 Å². The average molecular weight is 227 g/mol. The summed E-state index contributed by atoms with van der Waals surface area (Å²) in [6, 6.07) is 9.17. The molecular weight excluding hydrogens is 216 g/mol. The van der Waals surface area contributed by atoms with Crippen LogP contribution in [0.3, 0.4) is 0 Å². The number of hydrogen-bond acceptors (Lipinski definition) is 2. The Hall–Kier alpha value is -1.08. The Morgan fingerprint density at radius 1 is 1.40 bits per heavy atom. The average Bonchev–Trinajstić information content (AvgIpc) is 2.16. The van der Waals surface area contributed by atoms with Gasteiger partial charge >= 0.3 is 0 Å². The first-order valence-electron chi connectivity index (χ1n) is 4.48. The second-order valence-corrected chi connectivity index (χ2v) is 4.32. The van der Waals surface area contributed by atoms with E-state index in [1.165, 1.54) is 0 Å². The van der Waals surface area contributed by atoms with Crippen molar-refractivity contribution in [2.24, 2.45) is 0 Å². The van der Waals surface area contributed by atoms with Gasteiger partial charge in [0.2, 0.25) is 0 Å². The Morgan fingerprint density at radius 3 is 2.67 bits per heavy atom. The highest BCUT2D eigenvalue weighted by Gasteiger charge is 2.21. The van der Waals surface area contributed by atoms with Crippen LogP contribution in [0.4, 0.5) is 8.78 Å². The Balaban J connectivity index is 2.72. The first-order valence-corrected chi connectivity index (χ1v) is 5.47. The van der Waals surface area contributed by atoms with Crippen LogP contribution in [0.15, 0.2) is 29.2 Å². The summed E-state index contributed by atoms with van der Waals surface area (Å²) in [7, 11) is 0. The standard InChI is InChI=1S/C11H11F2NS/c1-11(12,13)8-15-10-5-3-2-4-9(10)6-7-14/h2-5H,6,8H2,1H3. The van der Waals surface area contributed by atoms with E-state index in [0.717, 1.165) is 29.1 Å². The van der Waals surface area contributed by atoms with Crippen molar-refractivity contribution in [3.05, 3.63) is 29.8 Å². The van der Waals surface area contributed by atoms with E-state index in [1.807, 2.05) is 6.07 Å². The number of nitrogens with zero attached hydrogens (tertiary/aromatic N) is 1. The lowest BCUT2D eigenvalue weighted by atomic mass is 10.2. The summed E-state index contributed by atoms with van der Waals surface area (Å²) in [6.45, 7) is 0.896. The Labute approximate surface area is 92.1 Å². The second kappa shape index (κ2) is 5.13. The van der Waals surface area contributed by atoms with Crippen molar-refractivity contribution in [3.8, 4) is 6.07 Å². The highest BCUT2D eigenvalue weighted by atomic mass is 32.2. The Bertz CT molecular complexity index is 366. The molecule has 1 rings (SSSR count). The van der Waals surface area contributed by atoms with Crippen LogP contribution in [-0.4, -0.2) is 11.7 Å². The molecule has 0 saturated heterocycles. The third-order valence-corrected chi connectivity index (χ3v) is 3.08. The Morgan fingerprint density at radius 2 is 2.07 bits per heavy atom. The van der Waals surface area contributed by atoms with Crippen LogP contribution in [0, 0.1) is 11.3 Å². The monoisotopic (exact) mass is 227 g/mol. The molecule has 0 aliphatic carbocycles. The largest absolute Gasteiger partial charge is 0.254 e. The van der Waals surface area contributed by atoms with E-state index in [9.17, 15) is 8.78 Å². The normalized spacial score (nSPS) is 11.1. The number of alkyl halides is 2. The van der Waals surface area contributed by atoms with Gasteiger partial charge in [0.15, 0.2) is 0 Å². The zero-order valence-corrected chi connectivity index (χ0v) is 9.15. The maximum absolute atomic E-state index is 12.6. The van der Waals surface area contributed by atoms with Crippen LogP contribution in [0.2, 0.25) is 0 Å². The highest BCUT2D eigenvalue weighted by molar-refractivity contribution is 7.99. The summed E-state index contributed by atoms with van der Waals surface area (Å²) in [5.74, 6) is -2.93. The van der Waals surface area contributed by atoms with Gasteiger partial charge in [-0.15, -0.1) is 11.8 Å². The maximum Gasteiger partial charge on any atom is 0.254 e. The fourth-order valence-corrected chi connectivity index (χ4v) is 1.99. The lowest BCUT2D eigenvalue weighted by Crippen LogP contribution is -2.12. The lowest BCUT2D eigenvalue weighted by molar-refractivity contribution is 0.0492. The molecule has 15 heavy (non-hydrogen) atoms.